The number of para-hydroxylation sites is 1. The largest absolute Gasteiger partial charge is 0.481 e. The SMILES string of the molecule is O=C(O)CCC(=O)NC(=O)Nc1ccccc1Cl. The first-order chi connectivity index (χ1) is 8.49. The average molecular weight is 271 g/mol. The number of carboxylic acids is 1. The van der Waals surface area contributed by atoms with E-state index in [0.29, 0.717) is 10.7 Å². The Balaban J connectivity index is 2.45. The van der Waals surface area contributed by atoms with E-state index in [1.807, 2.05) is 5.32 Å². The number of nitrogens with one attached hydrogen (secondary N) is 2. The normalized spacial score (nSPS) is 9.61. The molecule has 1 aromatic carbocycles. The highest BCUT2D eigenvalue weighted by molar-refractivity contribution is 6.33. The molecule has 96 valence electrons. The van der Waals surface area contributed by atoms with Gasteiger partial charge in [-0.2, -0.15) is 0 Å². The van der Waals surface area contributed by atoms with Gasteiger partial charge in [-0.25, -0.2) is 4.79 Å². The van der Waals surface area contributed by atoms with Gasteiger partial charge >= 0.3 is 12.0 Å². The number of halogens is 1. The molecule has 0 heterocycles. The molecule has 1 aromatic rings. The van der Waals surface area contributed by atoms with Crippen molar-refractivity contribution in [3.05, 3.63) is 29.3 Å². The van der Waals surface area contributed by atoms with Crippen LogP contribution in [0.4, 0.5) is 10.5 Å². The van der Waals surface area contributed by atoms with E-state index in [4.69, 9.17) is 16.7 Å². The summed E-state index contributed by atoms with van der Waals surface area (Å²) in [6.45, 7) is 0. The van der Waals surface area contributed by atoms with Crippen molar-refractivity contribution < 1.29 is 19.5 Å². The highest BCUT2D eigenvalue weighted by atomic mass is 35.5. The number of aliphatic carboxylic acids is 1. The number of carboxylic acid groups (broad SMARTS) is 1. The van der Waals surface area contributed by atoms with Crippen LogP contribution in [-0.4, -0.2) is 23.0 Å². The molecule has 0 saturated carbocycles. The van der Waals surface area contributed by atoms with Gasteiger partial charge in [-0.15, -0.1) is 0 Å². The van der Waals surface area contributed by atoms with Crippen molar-refractivity contribution in [1.82, 2.24) is 5.32 Å². The Morgan fingerprint density at radius 2 is 1.83 bits per heavy atom. The monoisotopic (exact) mass is 270 g/mol. The molecule has 0 unspecified atom stereocenters. The lowest BCUT2D eigenvalue weighted by atomic mass is 10.3. The number of carbonyl (C=O) groups is 3. The topological polar surface area (TPSA) is 95.5 Å². The molecule has 0 bridgehead atoms. The fourth-order valence-electron chi connectivity index (χ4n) is 1.13. The van der Waals surface area contributed by atoms with Crippen LogP contribution < -0.4 is 10.6 Å². The third-order valence-electron chi connectivity index (χ3n) is 1.94. The molecule has 6 nitrogen and oxygen atoms in total. The number of anilines is 1. The molecule has 0 saturated heterocycles. The van der Waals surface area contributed by atoms with Crippen LogP contribution >= 0.6 is 11.6 Å². The van der Waals surface area contributed by atoms with Crippen LogP contribution in [0.25, 0.3) is 0 Å². The molecule has 0 aliphatic rings. The highest BCUT2D eigenvalue weighted by Crippen LogP contribution is 2.19. The van der Waals surface area contributed by atoms with Gasteiger partial charge in [0.15, 0.2) is 0 Å². The quantitative estimate of drug-likeness (QED) is 0.778. The van der Waals surface area contributed by atoms with E-state index in [0.717, 1.165) is 0 Å². The Kier molecular flexibility index (Phi) is 5.13. The van der Waals surface area contributed by atoms with Gasteiger partial charge in [-0.3, -0.25) is 14.9 Å². The lowest BCUT2D eigenvalue weighted by molar-refractivity contribution is -0.138. The lowest BCUT2D eigenvalue weighted by Gasteiger charge is -2.07. The molecule has 3 amide bonds. The Morgan fingerprint density at radius 3 is 2.44 bits per heavy atom. The maximum Gasteiger partial charge on any atom is 0.325 e. The second-order valence-corrected chi connectivity index (χ2v) is 3.78. The van der Waals surface area contributed by atoms with Crippen molar-refractivity contribution in [3.63, 3.8) is 0 Å². The van der Waals surface area contributed by atoms with Gasteiger partial charge in [0.25, 0.3) is 0 Å². The van der Waals surface area contributed by atoms with Crippen LogP contribution in [0, 0.1) is 0 Å². The first kappa shape index (κ1) is 14.0. The number of hydrogen-bond acceptors (Lipinski definition) is 3. The molecule has 0 radical (unpaired) electrons. The van der Waals surface area contributed by atoms with Crippen LogP contribution in [0.2, 0.25) is 5.02 Å². The Bertz CT molecular complexity index is 476. The van der Waals surface area contributed by atoms with Crippen LogP contribution in [0.5, 0.6) is 0 Å². The smallest absolute Gasteiger partial charge is 0.325 e. The third kappa shape index (κ3) is 4.84. The zero-order valence-corrected chi connectivity index (χ0v) is 10.0. The van der Waals surface area contributed by atoms with Gasteiger partial charge in [0.2, 0.25) is 5.91 Å². The van der Waals surface area contributed by atoms with Gasteiger partial charge in [0.05, 0.1) is 17.1 Å². The number of rotatable bonds is 4. The van der Waals surface area contributed by atoms with Crippen molar-refractivity contribution in [2.75, 3.05) is 5.32 Å². The zero-order valence-electron chi connectivity index (χ0n) is 9.27. The number of amides is 3. The minimum atomic E-state index is -1.10. The van der Waals surface area contributed by atoms with Gasteiger partial charge < -0.3 is 10.4 Å². The molecule has 0 fully saturated rings. The Labute approximate surface area is 108 Å². The summed E-state index contributed by atoms with van der Waals surface area (Å²) >= 11 is 5.80. The first-order valence-corrected chi connectivity index (χ1v) is 5.44. The van der Waals surface area contributed by atoms with E-state index in [2.05, 4.69) is 5.32 Å². The van der Waals surface area contributed by atoms with Gasteiger partial charge in [0.1, 0.15) is 0 Å². The molecular formula is C11H11ClN2O4. The number of imide groups is 1. The van der Waals surface area contributed by atoms with Crippen molar-refractivity contribution in [2.24, 2.45) is 0 Å². The first-order valence-electron chi connectivity index (χ1n) is 5.06. The van der Waals surface area contributed by atoms with Gasteiger partial charge in [-0.1, -0.05) is 23.7 Å². The van der Waals surface area contributed by atoms with Crippen LogP contribution in [0.3, 0.4) is 0 Å². The Morgan fingerprint density at radius 1 is 1.17 bits per heavy atom. The van der Waals surface area contributed by atoms with Gasteiger partial charge in [0, 0.05) is 6.42 Å². The van der Waals surface area contributed by atoms with Crippen molar-refractivity contribution >= 4 is 35.2 Å². The molecule has 0 aliphatic heterocycles. The molecular weight excluding hydrogens is 260 g/mol. The van der Waals surface area contributed by atoms with Crippen LogP contribution in [0.15, 0.2) is 24.3 Å². The molecule has 3 N–H and O–H groups in total. The molecule has 1 rings (SSSR count). The maximum absolute atomic E-state index is 11.4. The standard InChI is InChI=1S/C11H11ClN2O4/c12-7-3-1-2-4-8(7)13-11(18)14-9(15)5-6-10(16)17/h1-4H,5-6H2,(H,16,17)(H2,13,14,15,18). The molecule has 18 heavy (non-hydrogen) atoms. The second-order valence-electron chi connectivity index (χ2n) is 3.38. The highest BCUT2D eigenvalue weighted by Gasteiger charge is 2.10. The molecule has 0 atom stereocenters. The summed E-state index contributed by atoms with van der Waals surface area (Å²) in [5.74, 6) is -1.77. The summed E-state index contributed by atoms with van der Waals surface area (Å²) in [5, 5.41) is 13.1. The van der Waals surface area contributed by atoms with Crippen molar-refractivity contribution in [3.8, 4) is 0 Å². The maximum atomic E-state index is 11.4. The van der Waals surface area contributed by atoms with E-state index in [1.54, 1.807) is 24.3 Å². The second kappa shape index (κ2) is 6.61. The molecule has 0 aliphatic carbocycles. The number of hydrogen-bond donors (Lipinski definition) is 3. The minimum Gasteiger partial charge on any atom is -0.481 e. The van der Waals surface area contributed by atoms with Crippen molar-refractivity contribution in [2.45, 2.75) is 12.8 Å². The summed E-state index contributed by atoms with van der Waals surface area (Å²) in [7, 11) is 0. The van der Waals surface area contributed by atoms with Gasteiger partial charge in [-0.05, 0) is 12.1 Å². The summed E-state index contributed by atoms with van der Waals surface area (Å²) in [6, 6.07) is 5.78. The van der Waals surface area contributed by atoms with Crippen molar-refractivity contribution in [1.29, 1.82) is 0 Å². The van der Waals surface area contributed by atoms with Crippen LogP contribution in [0.1, 0.15) is 12.8 Å². The Hall–Kier alpha value is -2.08. The van der Waals surface area contributed by atoms with E-state index in [1.165, 1.54) is 0 Å². The molecule has 0 aromatic heterocycles. The van der Waals surface area contributed by atoms with E-state index >= 15 is 0 Å². The molecule has 7 heteroatoms. The summed E-state index contributed by atoms with van der Waals surface area (Å²) in [4.78, 5) is 32.8. The predicted molar refractivity (Wildman–Crippen MR) is 65.5 cm³/mol. The average Bonchev–Trinajstić information content (AvgIpc) is 2.29. The minimum absolute atomic E-state index is 0.259. The summed E-state index contributed by atoms with van der Waals surface area (Å²) in [6.07, 6.45) is -0.587. The number of urea groups is 1. The number of benzene rings is 1. The van der Waals surface area contributed by atoms with E-state index in [-0.39, 0.29) is 12.8 Å². The third-order valence-corrected chi connectivity index (χ3v) is 2.27. The summed E-state index contributed by atoms with van der Waals surface area (Å²) in [5.41, 5.74) is 0.364. The van der Waals surface area contributed by atoms with E-state index in [9.17, 15) is 14.4 Å². The lowest BCUT2D eigenvalue weighted by Crippen LogP contribution is -2.34. The molecule has 0 spiro atoms. The van der Waals surface area contributed by atoms with Crippen LogP contribution in [-0.2, 0) is 9.59 Å². The predicted octanol–water partition coefficient (Wildman–Crippen LogP) is 1.85. The fourth-order valence-corrected chi connectivity index (χ4v) is 1.31. The van der Waals surface area contributed by atoms with E-state index < -0.39 is 17.9 Å². The summed E-state index contributed by atoms with van der Waals surface area (Å²) < 4.78 is 0. The fraction of sp³-hybridized carbons (Fsp3) is 0.182. The number of carbonyl (C=O) groups excluding carboxylic acids is 2. The zero-order chi connectivity index (χ0) is 13.5.